The Morgan fingerprint density at radius 3 is 3.00 bits per heavy atom. The number of hydrogen-bond acceptors (Lipinski definition) is 3. The Morgan fingerprint density at radius 2 is 2.20 bits per heavy atom. The summed E-state index contributed by atoms with van der Waals surface area (Å²) in [6.07, 6.45) is 9.12. The molecule has 2 aromatic heterocycles. The normalized spacial score (nSPS) is 17.6. The van der Waals surface area contributed by atoms with Crippen molar-refractivity contribution in [2.45, 2.75) is 18.9 Å². The van der Waals surface area contributed by atoms with Crippen molar-refractivity contribution < 1.29 is 4.79 Å². The van der Waals surface area contributed by atoms with Crippen LogP contribution in [-0.2, 0) is 4.79 Å². The second-order valence-electron chi connectivity index (χ2n) is 6.41. The molecule has 3 aromatic rings. The van der Waals surface area contributed by atoms with Crippen LogP contribution in [0.5, 0.6) is 0 Å². The van der Waals surface area contributed by atoms with Crippen LogP contribution >= 0.6 is 0 Å². The molecule has 0 radical (unpaired) electrons. The van der Waals surface area contributed by atoms with Crippen LogP contribution < -0.4 is 0 Å². The molecule has 1 fully saturated rings. The molecule has 1 amide bonds. The Labute approximate surface area is 146 Å². The van der Waals surface area contributed by atoms with Crippen molar-refractivity contribution in [1.82, 2.24) is 19.7 Å². The van der Waals surface area contributed by atoms with Gasteiger partial charge in [0.2, 0.25) is 5.91 Å². The number of piperidine rings is 1. The van der Waals surface area contributed by atoms with Crippen molar-refractivity contribution >= 4 is 16.8 Å². The summed E-state index contributed by atoms with van der Waals surface area (Å²) >= 11 is 0. The van der Waals surface area contributed by atoms with E-state index in [1.165, 1.54) is 6.08 Å². The molecule has 1 aliphatic rings. The van der Waals surface area contributed by atoms with E-state index in [-0.39, 0.29) is 11.9 Å². The van der Waals surface area contributed by atoms with E-state index >= 15 is 0 Å². The van der Waals surface area contributed by atoms with Gasteiger partial charge in [0.15, 0.2) is 0 Å². The van der Waals surface area contributed by atoms with E-state index in [4.69, 9.17) is 5.10 Å². The summed E-state index contributed by atoms with van der Waals surface area (Å²) in [6.45, 7) is 5.08. The van der Waals surface area contributed by atoms with Crippen LogP contribution in [0, 0.1) is 0 Å². The Balaban J connectivity index is 1.63. The minimum atomic E-state index is 0.000255. The maximum absolute atomic E-state index is 11.9. The van der Waals surface area contributed by atoms with Crippen LogP contribution in [0.25, 0.3) is 22.0 Å². The number of hydrogen-bond donors (Lipinski definition) is 0. The maximum atomic E-state index is 11.9. The van der Waals surface area contributed by atoms with Crippen molar-refractivity contribution in [2.24, 2.45) is 0 Å². The highest BCUT2D eigenvalue weighted by Gasteiger charge is 2.24. The zero-order chi connectivity index (χ0) is 17.2. The summed E-state index contributed by atoms with van der Waals surface area (Å²) in [5.74, 6) is 0.000255. The molecule has 126 valence electrons. The van der Waals surface area contributed by atoms with E-state index < -0.39 is 0 Å². The molecule has 1 atom stereocenters. The van der Waals surface area contributed by atoms with Gasteiger partial charge < -0.3 is 4.90 Å². The van der Waals surface area contributed by atoms with Gasteiger partial charge in [0.1, 0.15) is 0 Å². The first-order chi connectivity index (χ1) is 12.2. The standard InChI is InChI=1S/C20H20N4O/c1-2-20(25)23-10-4-6-18(14-23)24-13-17-8-7-15(11-19(17)22-24)16-5-3-9-21-12-16/h2-3,5,7-9,11-13,18H,1,4,6,10,14H2. The molecule has 3 heterocycles. The molecule has 0 aliphatic carbocycles. The molecule has 4 rings (SSSR count). The van der Waals surface area contributed by atoms with Gasteiger partial charge in [-0.05, 0) is 36.6 Å². The number of nitrogens with zero attached hydrogens (tertiary/aromatic N) is 4. The average molecular weight is 332 g/mol. The molecule has 1 aliphatic heterocycles. The Bertz CT molecular complexity index is 916. The van der Waals surface area contributed by atoms with Crippen molar-refractivity contribution in [2.75, 3.05) is 13.1 Å². The van der Waals surface area contributed by atoms with Crippen molar-refractivity contribution in [3.8, 4) is 11.1 Å². The highest BCUT2D eigenvalue weighted by Crippen LogP contribution is 2.26. The summed E-state index contributed by atoms with van der Waals surface area (Å²) < 4.78 is 2.01. The van der Waals surface area contributed by atoms with Crippen molar-refractivity contribution in [3.63, 3.8) is 0 Å². The van der Waals surface area contributed by atoms with Crippen molar-refractivity contribution in [1.29, 1.82) is 0 Å². The monoisotopic (exact) mass is 332 g/mol. The quantitative estimate of drug-likeness (QED) is 0.690. The lowest BCUT2D eigenvalue weighted by Crippen LogP contribution is -2.39. The zero-order valence-electron chi connectivity index (χ0n) is 14.0. The summed E-state index contributed by atoms with van der Waals surface area (Å²) in [6, 6.07) is 10.5. The van der Waals surface area contributed by atoms with E-state index in [9.17, 15) is 4.79 Å². The first-order valence-electron chi connectivity index (χ1n) is 8.55. The van der Waals surface area contributed by atoms with E-state index in [2.05, 4.69) is 36.0 Å². The molecule has 1 saturated heterocycles. The lowest BCUT2D eigenvalue weighted by molar-refractivity contribution is -0.127. The van der Waals surface area contributed by atoms with Crippen LogP contribution in [-0.4, -0.2) is 38.7 Å². The summed E-state index contributed by atoms with van der Waals surface area (Å²) in [4.78, 5) is 17.9. The second-order valence-corrected chi connectivity index (χ2v) is 6.41. The summed E-state index contributed by atoms with van der Waals surface area (Å²) in [5.41, 5.74) is 3.16. The molecule has 1 unspecified atom stereocenters. The number of pyridine rings is 1. The van der Waals surface area contributed by atoms with Gasteiger partial charge >= 0.3 is 0 Å². The molecular formula is C20H20N4O. The number of carbonyl (C=O) groups is 1. The van der Waals surface area contributed by atoms with Gasteiger partial charge in [-0.3, -0.25) is 14.5 Å². The number of rotatable bonds is 3. The fourth-order valence-electron chi connectivity index (χ4n) is 3.44. The van der Waals surface area contributed by atoms with E-state index in [1.54, 1.807) is 6.20 Å². The number of fused-ring (bicyclic) bond motifs is 1. The van der Waals surface area contributed by atoms with Crippen LogP contribution in [0.3, 0.4) is 0 Å². The zero-order valence-corrected chi connectivity index (χ0v) is 14.0. The number of benzene rings is 1. The molecule has 5 heteroatoms. The third kappa shape index (κ3) is 3.05. The number of likely N-dealkylation sites (tertiary alicyclic amines) is 1. The number of carbonyl (C=O) groups excluding carboxylic acids is 1. The van der Waals surface area contributed by atoms with Gasteiger partial charge in [-0.2, -0.15) is 5.10 Å². The van der Waals surface area contributed by atoms with Crippen LogP contribution in [0.1, 0.15) is 18.9 Å². The predicted molar refractivity (Wildman–Crippen MR) is 98.0 cm³/mol. The first kappa shape index (κ1) is 15.6. The maximum Gasteiger partial charge on any atom is 0.246 e. The molecule has 0 bridgehead atoms. The second kappa shape index (κ2) is 6.51. The van der Waals surface area contributed by atoms with E-state index in [0.717, 1.165) is 41.4 Å². The lowest BCUT2D eigenvalue weighted by atomic mass is 10.1. The minimum Gasteiger partial charge on any atom is -0.337 e. The average Bonchev–Trinajstić information content (AvgIpc) is 3.11. The smallest absolute Gasteiger partial charge is 0.246 e. The van der Waals surface area contributed by atoms with Crippen LogP contribution in [0.4, 0.5) is 0 Å². The van der Waals surface area contributed by atoms with Crippen LogP contribution in [0.15, 0.2) is 61.6 Å². The van der Waals surface area contributed by atoms with Gasteiger partial charge in [-0.25, -0.2) is 0 Å². The Hall–Kier alpha value is -2.95. The Kier molecular flexibility index (Phi) is 4.06. The third-order valence-corrected chi connectivity index (χ3v) is 4.78. The van der Waals surface area contributed by atoms with Gasteiger partial charge in [0, 0.05) is 42.6 Å². The lowest BCUT2D eigenvalue weighted by Gasteiger charge is -2.32. The van der Waals surface area contributed by atoms with Crippen LogP contribution in [0.2, 0.25) is 0 Å². The van der Waals surface area contributed by atoms with Gasteiger partial charge in [-0.1, -0.05) is 24.8 Å². The van der Waals surface area contributed by atoms with Gasteiger partial charge in [0.25, 0.3) is 0 Å². The largest absolute Gasteiger partial charge is 0.337 e. The van der Waals surface area contributed by atoms with E-state index in [1.807, 2.05) is 27.9 Å². The fourth-order valence-corrected chi connectivity index (χ4v) is 3.44. The summed E-state index contributed by atoms with van der Waals surface area (Å²) in [5, 5.41) is 5.89. The topological polar surface area (TPSA) is 51.0 Å². The third-order valence-electron chi connectivity index (χ3n) is 4.78. The molecule has 0 spiro atoms. The number of aromatic nitrogens is 3. The molecule has 0 N–H and O–H groups in total. The summed E-state index contributed by atoms with van der Waals surface area (Å²) in [7, 11) is 0. The van der Waals surface area contributed by atoms with E-state index in [0.29, 0.717) is 6.54 Å². The molecule has 5 nitrogen and oxygen atoms in total. The van der Waals surface area contributed by atoms with Crippen molar-refractivity contribution in [3.05, 3.63) is 61.6 Å². The predicted octanol–water partition coefficient (Wildman–Crippen LogP) is 3.45. The molecule has 1 aromatic carbocycles. The SMILES string of the molecule is C=CC(=O)N1CCCC(n2cc3ccc(-c4cccnc4)cc3n2)C1. The molecule has 25 heavy (non-hydrogen) atoms. The molecular weight excluding hydrogens is 312 g/mol. The fraction of sp³-hybridized carbons (Fsp3) is 0.250. The van der Waals surface area contributed by atoms with Gasteiger partial charge in [-0.15, -0.1) is 0 Å². The highest BCUT2D eigenvalue weighted by atomic mass is 16.2. The first-order valence-corrected chi connectivity index (χ1v) is 8.55. The molecule has 0 saturated carbocycles. The highest BCUT2D eigenvalue weighted by molar-refractivity contribution is 5.87. The number of amides is 1. The van der Waals surface area contributed by atoms with Gasteiger partial charge in [0.05, 0.1) is 11.6 Å². The minimum absolute atomic E-state index is 0.000255. The Morgan fingerprint density at radius 1 is 1.28 bits per heavy atom.